The lowest BCUT2D eigenvalue weighted by Gasteiger charge is -2.30. The van der Waals surface area contributed by atoms with E-state index in [0.717, 1.165) is 18.4 Å². The minimum Gasteiger partial charge on any atom is -0.426 e. The third-order valence-electron chi connectivity index (χ3n) is 2.97. The van der Waals surface area contributed by atoms with Crippen molar-refractivity contribution < 1.29 is 14.3 Å². The van der Waals surface area contributed by atoms with Gasteiger partial charge in [0.2, 0.25) is 0 Å². The van der Waals surface area contributed by atoms with E-state index in [-0.39, 0.29) is 18.2 Å². The Balaban J connectivity index is 2.26. The average molecular weight is 246 g/mol. The number of carbonyl (C=O) groups is 1. The molecule has 1 aromatic rings. The first-order valence-corrected chi connectivity index (χ1v) is 6.15. The van der Waals surface area contributed by atoms with Gasteiger partial charge in [0.05, 0.1) is 12.2 Å². The predicted octanol–water partition coefficient (Wildman–Crippen LogP) is 3.41. The molecule has 0 aliphatic carbocycles. The number of hydrogen-bond donors (Lipinski definition) is 0. The minimum atomic E-state index is -0.315. The van der Waals surface area contributed by atoms with E-state index < -0.39 is 0 Å². The summed E-state index contributed by atoms with van der Waals surface area (Å²) in [5, 5.41) is 0. The van der Waals surface area contributed by atoms with Crippen LogP contribution < -0.4 is 4.74 Å². The molecule has 1 aliphatic rings. The van der Waals surface area contributed by atoms with Gasteiger partial charge in [-0.3, -0.25) is 4.79 Å². The molecule has 3 nitrogen and oxygen atoms in total. The SMILES string of the molecule is C=C1C[C@H](C)O[C@@H](c2ccccc2OC(C)=O)C1. The zero-order valence-electron chi connectivity index (χ0n) is 10.8. The molecule has 0 N–H and O–H groups in total. The monoisotopic (exact) mass is 246 g/mol. The van der Waals surface area contributed by atoms with Gasteiger partial charge in [0.1, 0.15) is 5.75 Å². The smallest absolute Gasteiger partial charge is 0.308 e. The van der Waals surface area contributed by atoms with Crippen molar-refractivity contribution in [2.75, 3.05) is 0 Å². The Morgan fingerprint density at radius 3 is 2.78 bits per heavy atom. The van der Waals surface area contributed by atoms with Gasteiger partial charge < -0.3 is 9.47 Å². The van der Waals surface area contributed by atoms with Gasteiger partial charge in [-0.25, -0.2) is 0 Å². The molecule has 1 aromatic carbocycles. The first-order valence-electron chi connectivity index (χ1n) is 6.15. The van der Waals surface area contributed by atoms with E-state index in [4.69, 9.17) is 9.47 Å². The molecule has 1 fully saturated rings. The fourth-order valence-corrected chi connectivity index (χ4v) is 2.31. The normalized spacial score (nSPS) is 23.8. The standard InChI is InChI=1S/C15H18O3/c1-10-8-11(2)17-15(9-10)13-6-4-5-7-14(13)18-12(3)16/h4-7,11,15H,1,8-9H2,2-3H3/t11-,15+/m0/s1. The van der Waals surface area contributed by atoms with Crippen molar-refractivity contribution in [2.45, 2.75) is 38.9 Å². The van der Waals surface area contributed by atoms with E-state index in [0.29, 0.717) is 5.75 Å². The molecule has 3 heteroatoms. The van der Waals surface area contributed by atoms with Crippen LogP contribution in [-0.4, -0.2) is 12.1 Å². The average Bonchev–Trinajstić information content (AvgIpc) is 2.27. The van der Waals surface area contributed by atoms with Crippen molar-refractivity contribution in [3.05, 3.63) is 42.0 Å². The molecule has 0 radical (unpaired) electrons. The second kappa shape index (κ2) is 5.36. The Labute approximate surface area is 107 Å². The lowest BCUT2D eigenvalue weighted by Crippen LogP contribution is -2.21. The van der Waals surface area contributed by atoms with Gasteiger partial charge in [0.25, 0.3) is 0 Å². The van der Waals surface area contributed by atoms with Crippen LogP contribution in [0.3, 0.4) is 0 Å². The first kappa shape index (κ1) is 12.8. The molecule has 0 bridgehead atoms. The molecule has 96 valence electrons. The van der Waals surface area contributed by atoms with Crippen LogP contribution in [0.25, 0.3) is 0 Å². The van der Waals surface area contributed by atoms with Gasteiger partial charge >= 0.3 is 5.97 Å². The topological polar surface area (TPSA) is 35.5 Å². The van der Waals surface area contributed by atoms with Crippen molar-refractivity contribution in [3.8, 4) is 5.75 Å². The van der Waals surface area contributed by atoms with Crippen molar-refractivity contribution in [3.63, 3.8) is 0 Å². The van der Waals surface area contributed by atoms with Crippen molar-refractivity contribution >= 4 is 5.97 Å². The highest BCUT2D eigenvalue weighted by Gasteiger charge is 2.25. The van der Waals surface area contributed by atoms with Gasteiger partial charge in [0.15, 0.2) is 0 Å². The molecular weight excluding hydrogens is 228 g/mol. The number of para-hydroxylation sites is 1. The van der Waals surface area contributed by atoms with Crippen molar-refractivity contribution in [1.29, 1.82) is 0 Å². The van der Waals surface area contributed by atoms with Gasteiger partial charge in [-0.2, -0.15) is 0 Å². The Bertz CT molecular complexity index is 465. The maximum atomic E-state index is 11.1. The second-order valence-electron chi connectivity index (χ2n) is 4.73. The zero-order chi connectivity index (χ0) is 13.1. The van der Waals surface area contributed by atoms with E-state index in [1.165, 1.54) is 12.5 Å². The number of rotatable bonds is 2. The maximum Gasteiger partial charge on any atom is 0.308 e. The highest BCUT2D eigenvalue weighted by atomic mass is 16.5. The molecule has 1 aliphatic heterocycles. The van der Waals surface area contributed by atoms with E-state index in [1.54, 1.807) is 6.07 Å². The number of esters is 1. The molecule has 0 unspecified atom stereocenters. The summed E-state index contributed by atoms with van der Waals surface area (Å²) in [5.41, 5.74) is 2.09. The van der Waals surface area contributed by atoms with Crippen LogP contribution >= 0.6 is 0 Å². The fraction of sp³-hybridized carbons (Fsp3) is 0.400. The molecule has 1 saturated heterocycles. The summed E-state index contributed by atoms with van der Waals surface area (Å²) in [7, 11) is 0. The van der Waals surface area contributed by atoms with Crippen LogP contribution in [0.4, 0.5) is 0 Å². The molecule has 18 heavy (non-hydrogen) atoms. The largest absolute Gasteiger partial charge is 0.426 e. The maximum absolute atomic E-state index is 11.1. The number of hydrogen-bond acceptors (Lipinski definition) is 3. The van der Waals surface area contributed by atoms with Gasteiger partial charge in [-0.1, -0.05) is 30.4 Å². The number of benzene rings is 1. The van der Waals surface area contributed by atoms with Crippen LogP contribution in [0.5, 0.6) is 5.75 Å². The molecule has 0 amide bonds. The van der Waals surface area contributed by atoms with Crippen LogP contribution in [0.2, 0.25) is 0 Å². The summed E-state index contributed by atoms with van der Waals surface area (Å²) >= 11 is 0. The Kier molecular flexibility index (Phi) is 3.82. The van der Waals surface area contributed by atoms with Crippen LogP contribution in [0.15, 0.2) is 36.4 Å². The van der Waals surface area contributed by atoms with E-state index in [2.05, 4.69) is 6.58 Å². The molecule has 0 saturated carbocycles. The summed E-state index contributed by atoms with van der Waals surface area (Å²) in [5.74, 6) is 0.266. The Morgan fingerprint density at radius 2 is 2.11 bits per heavy atom. The van der Waals surface area contributed by atoms with Crippen molar-refractivity contribution in [2.24, 2.45) is 0 Å². The van der Waals surface area contributed by atoms with E-state index >= 15 is 0 Å². The summed E-state index contributed by atoms with van der Waals surface area (Å²) in [6.45, 7) is 7.48. The predicted molar refractivity (Wildman–Crippen MR) is 69.4 cm³/mol. The Hall–Kier alpha value is -1.61. The zero-order valence-corrected chi connectivity index (χ0v) is 10.8. The van der Waals surface area contributed by atoms with E-state index in [1.807, 2.05) is 25.1 Å². The molecule has 0 spiro atoms. The second-order valence-corrected chi connectivity index (χ2v) is 4.73. The van der Waals surface area contributed by atoms with Crippen molar-refractivity contribution in [1.82, 2.24) is 0 Å². The van der Waals surface area contributed by atoms with Crippen LogP contribution in [-0.2, 0) is 9.53 Å². The molecule has 0 aromatic heterocycles. The highest BCUT2D eigenvalue weighted by molar-refractivity contribution is 5.69. The Morgan fingerprint density at radius 1 is 1.39 bits per heavy atom. The number of ether oxygens (including phenoxy) is 2. The number of carbonyl (C=O) groups excluding carboxylic acids is 1. The molecule has 2 rings (SSSR count). The van der Waals surface area contributed by atoms with Gasteiger partial charge in [-0.05, 0) is 25.8 Å². The van der Waals surface area contributed by atoms with Gasteiger partial charge in [0, 0.05) is 12.5 Å². The quantitative estimate of drug-likeness (QED) is 0.456. The van der Waals surface area contributed by atoms with Gasteiger partial charge in [-0.15, -0.1) is 0 Å². The highest BCUT2D eigenvalue weighted by Crippen LogP contribution is 2.37. The summed E-state index contributed by atoms with van der Waals surface area (Å²) in [6.07, 6.45) is 1.76. The lowest BCUT2D eigenvalue weighted by atomic mass is 9.95. The first-order chi connectivity index (χ1) is 8.56. The van der Waals surface area contributed by atoms with Crippen LogP contribution in [0, 0.1) is 0 Å². The summed E-state index contributed by atoms with van der Waals surface area (Å²) < 4.78 is 11.1. The minimum absolute atomic E-state index is 0.0724. The fourth-order valence-electron chi connectivity index (χ4n) is 2.31. The third-order valence-corrected chi connectivity index (χ3v) is 2.97. The summed E-state index contributed by atoms with van der Waals surface area (Å²) in [6, 6.07) is 7.51. The molecule has 1 heterocycles. The molecular formula is C15H18O3. The summed E-state index contributed by atoms with van der Waals surface area (Å²) in [4.78, 5) is 11.1. The molecule has 2 atom stereocenters. The van der Waals surface area contributed by atoms with Crippen LogP contribution in [0.1, 0.15) is 38.4 Å². The third kappa shape index (κ3) is 2.99. The van der Waals surface area contributed by atoms with E-state index in [9.17, 15) is 4.79 Å². The lowest BCUT2D eigenvalue weighted by molar-refractivity contribution is -0.132.